The number of hydrogen-bond acceptors (Lipinski definition) is 5. The van der Waals surface area contributed by atoms with Gasteiger partial charge in [0.25, 0.3) is 0 Å². The minimum atomic E-state index is -0.119. The first-order valence-corrected chi connectivity index (χ1v) is 10.7. The summed E-state index contributed by atoms with van der Waals surface area (Å²) in [7, 11) is 0. The van der Waals surface area contributed by atoms with E-state index in [9.17, 15) is 4.79 Å². The molecule has 0 aliphatic rings. The smallest absolute Gasteiger partial charge is 0.224 e. The number of anilines is 1. The first-order valence-electron chi connectivity index (χ1n) is 10.7. The van der Waals surface area contributed by atoms with Gasteiger partial charge in [0.2, 0.25) is 5.91 Å². The summed E-state index contributed by atoms with van der Waals surface area (Å²) in [6, 6.07) is 22.9. The van der Waals surface area contributed by atoms with Crippen LogP contribution in [0.5, 0.6) is 5.75 Å². The Hall–Kier alpha value is -4.39. The normalized spacial score (nSPS) is 10.9. The van der Waals surface area contributed by atoms with E-state index in [0.717, 1.165) is 16.9 Å². The van der Waals surface area contributed by atoms with Gasteiger partial charge in [-0.25, -0.2) is 9.97 Å². The molecule has 5 aromatic rings. The second-order valence-electron chi connectivity index (χ2n) is 7.55. The molecule has 0 fully saturated rings. The average Bonchev–Trinajstić information content (AvgIpc) is 3.49. The molecule has 164 valence electrons. The van der Waals surface area contributed by atoms with Crippen LogP contribution in [0.4, 0.5) is 5.69 Å². The Bertz CT molecular complexity index is 1340. The van der Waals surface area contributed by atoms with Gasteiger partial charge in [0, 0.05) is 42.6 Å². The first-order chi connectivity index (χ1) is 16.2. The molecule has 5 rings (SSSR count). The van der Waals surface area contributed by atoms with Gasteiger partial charge in [-0.15, -0.1) is 0 Å². The molecule has 0 atom stereocenters. The molecule has 1 amide bonds. The number of oxazole rings is 1. The van der Waals surface area contributed by atoms with Crippen LogP contribution in [-0.4, -0.2) is 20.3 Å². The molecular formula is C26H22N4O3. The van der Waals surface area contributed by atoms with Gasteiger partial charge < -0.3 is 18.9 Å². The zero-order valence-corrected chi connectivity index (χ0v) is 17.8. The van der Waals surface area contributed by atoms with Crippen molar-refractivity contribution in [1.29, 1.82) is 0 Å². The number of hydrogen-bond donors (Lipinski definition) is 1. The number of pyridine rings is 1. The summed E-state index contributed by atoms with van der Waals surface area (Å²) >= 11 is 0. The Labute approximate surface area is 190 Å². The lowest BCUT2D eigenvalue weighted by Gasteiger charge is -2.08. The molecule has 0 saturated carbocycles. The van der Waals surface area contributed by atoms with Crippen molar-refractivity contribution in [2.75, 3.05) is 5.32 Å². The van der Waals surface area contributed by atoms with Crippen LogP contribution in [0.25, 0.3) is 17.0 Å². The highest BCUT2D eigenvalue weighted by Gasteiger charge is 2.10. The number of rotatable bonds is 8. The summed E-state index contributed by atoms with van der Waals surface area (Å²) in [6.45, 7) is 0.340. The highest BCUT2D eigenvalue weighted by molar-refractivity contribution is 5.90. The number of carbonyl (C=O) groups excluding carboxylic acids is 1. The summed E-state index contributed by atoms with van der Waals surface area (Å²) in [5.74, 6) is 1.77. The van der Waals surface area contributed by atoms with Crippen molar-refractivity contribution in [1.82, 2.24) is 14.4 Å². The van der Waals surface area contributed by atoms with Gasteiger partial charge in [-0.3, -0.25) is 4.79 Å². The molecule has 0 spiro atoms. The number of aryl methyl sites for hydroxylation is 1. The third-order valence-electron chi connectivity index (χ3n) is 5.10. The van der Waals surface area contributed by atoms with E-state index >= 15 is 0 Å². The zero-order chi connectivity index (χ0) is 22.5. The Kier molecular flexibility index (Phi) is 5.84. The summed E-state index contributed by atoms with van der Waals surface area (Å²) in [5.41, 5.74) is 3.33. The second kappa shape index (κ2) is 9.40. The maximum atomic E-state index is 12.4. The van der Waals surface area contributed by atoms with Gasteiger partial charge in [0.05, 0.1) is 11.9 Å². The molecule has 0 aliphatic carbocycles. The predicted molar refractivity (Wildman–Crippen MR) is 125 cm³/mol. The standard InChI is InChI=1S/C26H22N4O3/c31-25(12-13-26-27-16-23(33-26)19-7-2-1-3-8-19)29-20-9-6-10-22(15-20)32-18-21-17-30-14-5-4-11-24(30)28-21/h1-11,14-17H,12-13,18H2,(H,29,31). The van der Waals surface area contributed by atoms with E-state index in [-0.39, 0.29) is 12.3 Å². The third-order valence-corrected chi connectivity index (χ3v) is 5.10. The van der Waals surface area contributed by atoms with E-state index in [1.54, 1.807) is 12.3 Å². The molecule has 0 unspecified atom stereocenters. The molecule has 0 saturated heterocycles. The number of nitrogens with one attached hydrogen (secondary N) is 1. The highest BCUT2D eigenvalue weighted by atomic mass is 16.5. The highest BCUT2D eigenvalue weighted by Crippen LogP contribution is 2.21. The number of amides is 1. The average molecular weight is 438 g/mol. The fourth-order valence-electron chi connectivity index (χ4n) is 3.48. The van der Waals surface area contributed by atoms with Crippen LogP contribution in [0.1, 0.15) is 18.0 Å². The third kappa shape index (κ3) is 5.10. The number of aromatic nitrogens is 3. The van der Waals surface area contributed by atoms with Crippen LogP contribution in [0, 0.1) is 0 Å². The molecule has 2 aromatic carbocycles. The van der Waals surface area contributed by atoms with Gasteiger partial charge in [-0.05, 0) is 24.3 Å². The number of ether oxygens (including phenoxy) is 1. The fourth-order valence-corrected chi connectivity index (χ4v) is 3.48. The second-order valence-corrected chi connectivity index (χ2v) is 7.55. The number of benzene rings is 2. The summed E-state index contributed by atoms with van der Waals surface area (Å²) < 4.78 is 13.6. The Morgan fingerprint density at radius 1 is 1.03 bits per heavy atom. The van der Waals surface area contributed by atoms with Crippen molar-refractivity contribution in [2.24, 2.45) is 0 Å². The summed E-state index contributed by atoms with van der Waals surface area (Å²) in [4.78, 5) is 21.2. The molecule has 1 N–H and O–H groups in total. The Morgan fingerprint density at radius 2 is 1.91 bits per heavy atom. The fraction of sp³-hybridized carbons (Fsp3) is 0.115. The molecule has 7 nitrogen and oxygen atoms in total. The molecule has 3 aromatic heterocycles. The lowest BCUT2D eigenvalue weighted by atomic mass is 10.2. The van der Waals surface area contributed by atoms with Gasteiger partial charge in [-0.2, -0.15) is 0 Å². The van der Waals surface area contributed by atoms with E-state index in [1.807, 2.05) is 83.5 Å². The minimum absolute atomic E-state index is 0.119. The van der Waals surface area contributed by atoms with Crippen molar-refractivity contribution in [3.8, 4) is 17.1 Å². The van der Waals surface area contributed by atoms with Crippen molar-refractivity contribution >= 4 is 17.2 Å². The lowest BCUT2D eigenvalue weighted by molar-refractivity contribution is -0.116. The van der Waals surface area contributed by atoms with Gasteiger partial charge in [0.1, 0.15) is 18.0 Å². The molecule has 0 aliphatic heterocycles. The monoisotopic (exact) mass is 438 g/mol. The van der Waals surface area contributed by atoms with Gasteiger partial charge in [-0.1, -0.05) is 42.5 Å². The minimum Gasteiger partial charge on any atom is -0.487 e. The van der Waals surface area contributed by atoms with Crippen LogP contribution in [0.15, 0.2) is 95.8 Å². The number of nitrogens with zero attached hydrogens (tertiary/aromatic N) is 3. The number of imidazole rings is 1. The summed E-state index contributed by atoms with van der Waals surface area (Å²) in [6.07, 6.45) is 6.26. The van der Waals surface area contributed by atoms with E-state index < -0.39 is 0 Å². The Morgan fingerprint density at radius 3 is 2.79 bits per heavy atom. The van der Waals surface area contributed by atoms with Crippen LogP contribution >= 0.6 is 0 Å². The first kappa shape index (κ1) is 20.5. The Balaban J connectivity index is 1.14. The van der Waals surface area contributed by atoms with Crippen LogP contribution < -0.4 is 10.1 Å². The summed E-state index contributed by atoms with van der Waals surface area (Å²) in [5, 5.41) is 2.90. The van der Waals surface area contributed by atoms with Crippen molar-refractivity contribution in [3.05, 3.63) is 103 Å². The number of carbonyl (C=O) groups is 1. The molecular weight excluding hydrogens is 416 g/mol. The van der Waals surface area contributed by atoms with Crippen molar-refractivity contribution in [3.63, 3.8) is 0 Å². The van der Waals surface area contributed by atoms with Crippen LogP contribution in [0.2, 0.25) is 0 Å². The lowest BCUT2D eigenvalue weighted by Crippen LogP contribution is -2.12. The molecule has 7 heteroatoms. The molecule has 0 bridgehead atoms. The zero-order valence-electron chi connectivity index (χ0n) is 17.8. The van der Waals surface area contributed by atoms with Gasteiger partial charge in [0.15, 0.2) is 11.7 Å². The van der Waals surface area contributed by atoms with Gasteiger partial charge >= 0.3 is 0 Å². The maximum Gasteiger partial charge on any atom is 0.224 e. The number of fused-ring (bicyclic) bond motifs is 1. The van der Waals surface area contributed by atoms with Crippen LogP contribution in [0.3, 0.4) is 0 Å². The largest absolute Gasteiger partial charge is 0.487 e. The van der Waals surface area contributed by atoms with E-state index in [1.165, 1.54) is 0 Å². The topological polar surface area (TPSA) is 81.7 Å². The quantitative estimate of drug-likeness (QED) is 0.363. The maximum absolute atomic E-state index is 12.4. The van der Waals surface area contributed by atoms with Crippen LogP contribution in [-0.2, 0) is 17.8 Å². The van der Waals surface area contributed by atoms with Crippen molar-refractivity contribution < 1.29 is 13.9 Å². The SMILES string of the molecule is O=C(CCc1ncc(-c2ccccc2)o1)Nc1cccc(OCc2cn3ccccc3n2)c1. The molecule has 0 radical (unpaired) electrons. The van der Waals surface area contributed by atoms with E-state index in [0.29, 0.717) is 36.1 Å². The predicted octanol–water partition coefficient (Wildman–Crippen LogP) is 5.14. The molecule has 3 heterocycles. The van der Waals surface area contributed by atoms with E-state index in [4.69, 9.17) is 9.15 Å². The molecule has 33 heavy (non-hydrogen) atoms. The van der Waals surface area contributed by atoms with Crippen molar-refractivity contribution in [2.45, 2.75) is 19.4 Å². The van der Waals surface area contributed by atoms with E-state index in [2.05, 4.69) is 15.3 Å².